The van der Waals surface area contributed by atoms with Crippen molar-refractivity contribution in [2.45, 2.75) is 56.0 Å². The maximum Gasteiger partial charge on any atom is 0.344 e. The minimum absolute atomic E-state index is 0.0618. The lowest BCUT2D eigenvalue weighted by molar-refractivity contribution is 0.330. The zero-order valence-electron chi connectivity index (χ0n) is 12.3. The molecule has 0 radical (unpaired) electrons. The molecule has 3 rings (SSSR count). The first-order chi connectivity index (χ1) is 10.2. The van der Waals surface area contributed by atoms with Gasteiger partial charge in [-0.2, -0.15) is 0 Å². The van der Waals surface area contributed by atoms with E-state index in [2.05, 4.69) is 41.4 Å². The first kappa shape index (κ1) is 14.4. The van der Waals surface area contributed by atoms with E-state index in [9.17, 15) is 4.79 Å². The Kier molecular flexibility index (Phi) is 4.48. The average molecular weight is 303 g/mol. The zero-order valence-corrected chi connectivity index (χ0v) is 13.2. The number of aryl methyl sites for hydroxylation is 1. The molecule has 2 aromatic rings. The first-order valence-electron chi connectivity index (χ1n) is 7.59. The maximum absolute atomic E-state index is 12.0. The third-order valence-corrected chi connectivity index (χ3v) is 5.12. The summed E-state index contributed by atoms with van der Waals surface area (Å²) in [5.41, 5.74) is 2.46. The number of H-pyrrole nitrogens is 1. The van der Waals surface area contributed by atoms with Crippen LogP contribution >= 0.6 is 11.8 Å². The highest BCUT2D eigenvalue weighted by Crippen LogP contribution is 2.30. The number of nitrogens with one attached hydrogen (secondary N) is 1. The third kappa shape index (κ3) is 3.40. The van der Waals surface area contributed by atoms with Gasteiger partial charge in [-0.3, -0.25) is 4.57 Å². The van der Waals surface area contributed by atoms with Crippen molar-refractivity contribution in [1.29, 1.82) is 0 Å². The third-order valence-electron chi connectivity index (χ3n) is 4.10. The second-order valence-corrected chi connectivity index (χ2v) is 6.69. The summed E-state index contributed by atoms with van der Waals surface area (Å²) >= 11 is 1.64. The largest absolute Gasteiger partial charge is 0.344 e. The minimum atomic E-state index is -0.0618. The van der Waals surface area contributed by atoms with E-state index in [0.717, 1.165) is 23.8 Å². The van der Waals surface area contributed by atoms with Crippen LogP contribution in [0.2, 0.25) is 0 Å². The molecule has 1 aliphatic rings. The lowest BCUT2D eigenvalue weighted by atomic mass is 9.95. The van der Waals surface area contributed by atoms with Crippen LogP contribution in [0.3, 0.4) is 0 Å². The van der Waals surface area contributed by atoms with Crippen molar-refractivity contribution in [3.05, 3.63) is 45.9 Å². The van der Waals surface area contributed by atoms with Crippen LogP contribution in [-0.4, -0.2) is 14.8 Å². The van der Waals surface area contributed by atoms with E-state index in [-0.39, 0.29) is 5.69 Å². The molecule has 1 fully saturated rings. The number of thioether (sulfide) groups is 1. The molecule has 1 aromatic heterocycles. The van der Waals surface area contributed by atoms with E-state index in [0.29, 0.717) is 6.04 Å². The Morgan fingerprint density at radius 3 is 2.67 bits per heavy atom. The van der Waals surface area contributed by atoms with Crippen LogP contribution in [0.5, 0.6) is 0 Å². The maximum atomic E-state index is 12.0. The van der Waals surface area contributed by atoms with E-state index in [1.807, 2.05) is 4.57 Å². The monoisotopic (exact) mass is 303 g/mol. The van der Waals surface area contributed by atoms with Crippen molar-refractivity contribution in [1.82, 2.24) is 14.8 Å². The summed E-state index contributed by atoms with van der Waals surface area (Å²) < 4.78 is 1.87. The summed E-state index contributed by atoms with van der Waals surface area (Å²) in [5, 5.41) is 7.65. The Bertz CT molecular complexity index is 638. The van der Waals surface area contributed by atoms with Crippen molar-refractivity contribution < 1.29 is 0 Å². The highest BCUT2D eigenvalue weighted by Gasteiger charge is 2.21. The van der Waals surface area contributed by atoms with Gasteiger partial charge in [0, 0.05) is 11.8 Å². The topological polar surface area (TPSA) is 50.7 Å². The van der Waals surface area contributed by atoms with Crippen LogP contribution in [0.15, 0.2) is 34.2 Å². The average Bonchev–Trinajstić information content (AvgIpc) is 2.88. The Balaban J connectivity index is 1.73. The second-order valence-electron chi connectivity index (χ2n) is 5.75. The molecule has 1 N–H and O–H groups in total. The van der Waals surface area contributed by atoms with Gasteiger partial charge < -0.3 is 0 Å². The number of hydrogen-bond acceptors (Lipinski definition) is 3. The fraction of sp³-hybridized carbons (Fsp3) is 0.500. The molecule has 0 saturated heterocycles. The van der Waals surface area contributed by atoms with Gasteiger partial charge in [-0.05, 0) is 25.3 Å². The van der Waals surface area contributed by atoms with Crippen molar-refractivity contribution in [2.24, 2.45) is 0 Å². The lowest BCUT2D eigenvalue weighted by Gasteiger charge is -2.22. The van der Waals surface area contributed by atoms with E-state index in [1.165, 1.54) is 30.4 Å². The molecule has 1 saturated carbocycles. The molecular formula is C16H21N3OS. The van der Waals surface area contributed by atoms with Crippen LogP contribution in [0, 0.1) is 6.92 Å². The molecular weight excluding hydrogens is 282 g/mol. The molecule has 1 heterocycles. The number of benzene rings is 1. The molecule has 112 valence electrons. The number of rotatable bonds is 4. The normalized spacial score (nSPS) is 16.2. The standard InChI is InChI=1S/C16H21N3OS/c1-12-7-9-13(10-8-12)11-21-16-18-17-15(20)19(16)14-5-3-2-4-6-14/h7-10,14H,2-6,11H2,1H3,(H,17,20). The number of nitrogens with zero attached hydrogens (tertiary/aromatic N) is 2. The molecule has 0 aliphatic heterocycles. The fourth-order valence-electron chi connectivity index (χ4n) is 2.89. The molecule has 0 bridgehead atoms. The van der Waals surface area contributed by atoms with Gasteiger partial charge >= 0.3 is 5.69 Å². The summed E-state index contributed by atoms with van der Waals surface area (Å²) in [6.07, 6.45) is 5.90. The molecule has 4 nitrogen and oxygen atoms in total. The summed E-state index contributed by atoms with van der Waals surface area (Å²) in [6, 6.07) is 8.84. The quantitative estimate of drug-likeness (QED) is 0.877. The lowest BCUT2D eigenvalue weighted by Crippen LogP contribution is -2.24. The predicted molar refractivity (Wildman–Crippen MR) is 85.7 cm³/mol. The predicted octanol–water partition coefficient (Wildman–Crippen LogP) is 3.68. The highest BCUT2D eigenvalue weighted by atomic mass is 32.2. The van der Waals surface area contributed by atoms with Crippen LogP contribution < -0.4 is 5.69 Å². The van der Waals surface area contributed by atoms with Gasteiger partial charge in [0.2, 0.25) is 0 Å². The summed E-state index contributed by atoms with van der Waals surface area (Å²) in [7, 11) is 0. The zero-order chi connectivity index (χ0) is 14.7. The Morgan fingerprint density at radius 2 is 1.95 bits per heavy atom. The molecule has 0 unspecified atom stereocenters. The molecule has 0 amide bonds. The second kappa shape index (κ2) is 6.52. The highest BCUT2D eigenvalue weighted by molar-refractivity contribution is 7.98. The fourth-order valence-corrected chi connectivity index (χ4v) is 3.85. The van der Waals surface area contributed by atoms with Gasteiger partial charge in [0.1, 0.15) is 0 Å². The summed E-state index contributed by atoms with van der Waals surface area (Å²) in [5.74, 6) is 0.845. The number of aromatic amines is 1. The van der Waals surface area contributed by atoms with E-state index < -0.39 is 0 Å². The molecule has 1 aromatic carbocycles. The van der Waals surface area contributed by atoms with Gasteiger partial charge in [-0.25, -0.2) is 9.89 Å². The van der Waals surface area contributed by atoms with Gasteiger partial charge in [0.05, 0.1) is 0 Å². The summed E-state index contributed by atoms with van der Waals surface area (Å²) in [6.45, 7) is 2.09. The van der Waals surface area contributed by atoms with Crippen LogP contribution in [0.1, 0.15) is 49.3 Å². The van der Waals surface area contributed by atoms with Crippen LogP contribution in [0.25, 0.3) is 0 Å². The van der Waals surface area contributed by atoms with E-state index in [4.69, 9.17) is 0 Å². The first-order valence-corrected chi connectivity index (χ1v) is 8.58. The smallest absolute Gasteiger partial charge is 0.267 e. The van der Waals surface area contributed by atoms with Crippen molar-refractivity contribution >= 4 is 11.8 Å². The Hall–Kier alpha value is -1.49. The molecule has 5 heteroatoms. The van der Waals surface area contributed by atoms with E-state index in [1.54, 1.807) is 11.8 Å². The number of aromatic nitrogens is 3. The minimum Gasteiger partial charge on any atom is -0.267 e. The van der Waals surface area contributed by atoms with Crippen molar-refractivity contribution in [2.75, 3.05) is 0 Å². The summed E-state index contributed by atoms with van der Waals surface area (Å²) in [4.78, 5) is 12.0. The number of hydrogen-bond donors (Lipinski definition) is 1. The molecule has 0 atom stereocenters. The molecule has 0 spiro atoms. The van der Waals surface area contributed by atoms with Crippen molar-refractivity contribution in [3.8, 4) is 0 Å². The molecule has 21 heavy (non-hydrogen) atoms. The van der Waals surface area contributed by atoms with Gasteiger partial charge in [-0.1, -0.05) is 60.9 Å². The van der Waals surface area contributed by atoms with Gasteiger partial charge in [-0.15, -0.1) is 5.10 Å². The Labute approximate surface area is 129 Å². The van der Waals surface area contributed by atoms with E-state index >= 15 is 0 Å². The van der Waals surface area contributed by atoms with Gasteiger partial charge in [0.25, 0.3) is 0 Å². The molecule has 1 aliphatic carbocycles. The SMILES string of the molecule is Cc1ccc(CSc2n[nH]c(=O)n2C2CCCCC2)cc1. The van der Waals surface area contributed by atoms with Crippen LogP contribution in [0.4, 0.5) is 0 Å². The Morgan fingerprint density at radius 1 is 1.24 bits per heavy atom. The van der Waals surface area contributed by atoms with Crippen LogP contribution in [-0.2, 0) is 5.75 Å². The van der Waals surface area contributed by atoms with Crippen molar-refractivity contribution in [3.63, 3.8) is 0 Å². The van der Waals surface area contributed by atoms with Gasteiger partial charge in [0.15, 0.2) is 5.16 Å².